The van der Waals surface area contributed by atoms with Crippen LogP contribution in [-0.2, 0) is 20.8 Å². The molecule has 0 amide bonds. The molecular weight excluding hydrogens is 442 g/mol. The van der Waals surface area contributed by atoms with Gasteiger partial charge in [0.2, 0.25) is 0 Å². The number of hydrogen-bond donors (Lipinski definition) is 4. The van der Waals surface area contributed by atoms with E-state index in [-0.39, 0.29) is 0 Å². The highest BCUT2D eigenvalue weighted by atomic mass is 16.5. The van der Waals surface area contributed by atoms with Crippen LogP contribution in [0.4, 0.5) is 0 Å². The summed E-state index contributed by atoms with van der Waals surface area (Å²) in [4.78, 5) is 32.7. The normalized spacial score (nSPS) is 14.2. The lowest BCUT2D eigenvalue weighted by Crippen LogP contribution is -2.42. The van der Waals surface area contributed by atoms with E-state index in [1.165, 1.54) is 50.5 Å². The summed E-state index contributed by atoms with van der Waals surface area (Å²) in [6.07, 6.45) is 8.50. The third-order valence-electron chi connectivity index (χ3n) is 5.81. The van der Waals surface area contributed by atoms with E-state index >= 15 is 0 Å². The lowest BCUT2D eigenvalue weighted by Gasteiger charge is -2.22. The van der Waals surface area contributed by atoms with E-state index in [1.54, 1.807) is 0 Å². The molecule has 0 unspecified atom stereocenters. The molecule has 0 heterocycles. The number of carbonyl (C=O) groups is 3. The SMILES string of the molecule is CN(C)CCCOc1ccccc1CCC1CCCCC1.O=C(O)CC(O)(CC(=O)O)C(=O)O. The number of benzene rings is 1. The van der Waals surface area contributed by atoms with Crippen LogP contribution in [0.3, 0.4) is 0 Å². The highest BCUT2D eigenvalue weighted by Gasteiger charge is 2.40. The Labute approximate surface area is 201 Å². The van der Waals surface area contributed by atoms with Gasteiger partial charge in [-0.15, -0.1) is 0 Å². The predicted molar refractivity (Wildman–Crippen MR) is 127 cm³/mol. The molecule has 1 fully saturated rings. The molecule has 1 aromatic rings. The van der Waals surface area contributed by atoms with Gasteiger partial charge in [-0.1, -0.05) is 50.3 Å². The smallest absolute Gasteiger partial charge is 0.336 e. The molecule has 0 atom stereocenters. The van der Waals surface area contributed by atoms with Crippen molar-refractivity contribution in [3.8, 4) is 5.75 Å². The molecule has 0 spiro atoms. The van der Waals surface area contributed by atoms with Crippen molar-refractivity contribution < 1.29 is 39.5 Å². The lowest BCUT2D eigenvalue weighted by atomic mass is 9.85. The van der Waals surface area contributed by atoms with E-state index in [2.05, 4.69) is 43.3 Å². The Balaban J connectivity index is 0.000000385. The second-order valence-electron chi connectivity index (χ2n) is 9.13. The minimum atomic E-state index is -2.74. The first-order valence-electron chi connectivity index (χ1n) is 11.8. The molecular formula is C25H39NO8. The van der Waals surface area contributed by atoms with Crippen LogP contribution in [0, 0.1) is 5.92 Å². The van der Waals surface area contributed by atoms with Gasteiger partial charge in [0, 0.05) is 6.54 Å². The molecule has 0 saturated heterocycles. The molecule has 9 nitrogen and oxygen atoms in total. The Morgan fingerprint density at radius 2 is 1.59 bits per heavy atom. The van der Waals surface area contributed by atoms with Crippen molar-refractivity contribution in [3.05, 3.63) is 29.8 Å². The first kappa shape index (κ1) is 29.4. The largest absolute Gasteiger partial charge is 0.493 e. The topological polar surface area (TPSA) is 145 Å². The average molecular weight is 482 g/mol. The minimum absolute atomic E-state index is 0.818. The number of para-hydroxylation sites is 1. The molecule has 192 valence electrons. The first-order valence-corrected chi connectivity index (χ1v) is 11.8. The van der Waals surface area contributed by atoms with E-state index in [4.69, 9.17) is 25.2 Å². The summed E-state index contributed by atoms with van der Waals surface area (Å²) in [5.74, 6) is -2.97. The van der Waals surface area contributed by atoms with Crippen molar-refractivity contribution in [1.82, 2.24) is 4.90 Å². The van der Waals surface area contributed by atoms with Crippen LogP contribution in [0.5, 0.6) is 5.75 Å². The van der Waals surface area contributed by atoms with Crippen molar-refractivity contribution in [1.29, 1.82) is 0 Å². The zero-order chi connectivity index (χ0) is 25.6. The van der Waals surface area contributed by atoms with Crippen LogP contribution >= 0.6 is 0 Å². The number of aliphatic hydroxyl groups is 1. The van der Waals surface area contributed by atoms with Gasteiger partial charge in [0.1, 0.15) is 5.75 Å². The van der Waals surface area contributed by atoms with E-state index in [0.29, 0.717) is 0 Å². The third kappa shape index (κ3) is 12.0. The zero-order valence-corrected chi connectivity index (χ0v) is 20.2. The van der Waals surface area contributed by atoms with Gasteiger partial charge in [0.05, 0.1) is 19.4 Å². The molecule has 1 aliphatic carbocycles. The number of aryl methyl sites for hydroxylation is 1. The Bertz CT molecular complexity index is 758. The number of hydrogen-bond acceptors (Lipinski definition) is 6. The van der Waals surface area contributed by atoms with Crippen LogP contribution in [0.2, 0.25) is 0 Å². The van der Waals surface area contributed by atoms with Gasteiger partial charge in [-0.3, -0.25) is 9.59 Å². The summed E-state index contributed by atoms with van der Waals surface area (Å²) in [7, 11) is 4.22. The van der Waals surface area contributed by atoms with Crippen LogP contribution in [-0.4, -0.2) is 76.1 Å². The van der Waals surface area contributed by atoms with E-state index in [1.807, 2.05) is 0 Å². The Morgan fingerprint density at radius 1 is 1.00 bits per heavy atom. The summed E-state index contributed by atoms with van der Waals surface area (Å²) >= 11 is 0. The predicted octanol–water partition coefficient (Wildman–Crippen LogP) is 3.28. The zero-order valence-electron chi connectivity index (χ0n) is 20.2. The third-order valence-corrected chi connectivity index (χ3v) is 5.81. The van der Waals surface area contributed by atoms with Crippen LogP contribution in [0.1, 0.15) is 63.4 Å². The first-order chi connectivity index (χ1) is 16.0. The van der Waals surface area contributed by atoms with Crippen molar-refractivity contribution >= 4 is 17.9 Å². The Hall–Kier alpha value is -2.65. The Morgan fingerprint density at radius 3 is 2.12 bits per heavy atom. The molecule has 0 aliphatic heterocycles. The second kappa shape index (κ2) is 15.3. The van der Waals surface area contributed by atoms with Gasteiger partial charge in [0.25, 0.3) is 0 Å². The number of ether oxygens (including phenoxy) is 1. The van der Waals surface area contributed by atoms with Crippen molar-refractivity contribution in [2.45, 2.75) is 69.8 Å². The summed E-state index contributed by atoms with van der Waals surface area (Å²) < 4.78 is 6.00. The van der Waals surface area contributed by atoms with E-state index in [9.17, 15) is 14.4 Å². The van der Waals surface area contributed by atoms with E-state index < -0.39 is 36.4 Å². The molecule has 0 bridgehead atoms. The number of carboxylic acid groups (broad SMARTS) is 3. The van der Waals surface area contributed by atoms with E-state index in [0.717, 1.165) is 31.2 Å². The number of nitrogens with zero attached hydrogens (tertiary/aromatic N) is 1. The fraction of sp³-hybridized carbons (Fsp3) is 0.640. The molecule has 1 saturated carbocycles. The lowest BCUT2D eigenvalue weighted by molar-refractivity contribution is -0.170. The maximum absolute atomic E-state index is 10.3. The fourth-order valence-corrected chi connectivity index (χ4v) is 3.96. The summed E-state index contributed by atoms with van der Waals surface area (Å²) in [5, 5.41) is 33.8. The molecule has 2 rings (SSSR count). The highest BCUT2D eigenvalue weighted by molar-refractivity contribution is 5.88. The van der Waals surface area contributed by atoms with Gasteiger partial charge < -0.3 is 30.1 Å². The van der Waals surface area contributed by atoms with Crippen LogP contribution < -0.4 is 4.74 Å². The summed E-state index contributed by atoms with van der Waals surface area (Å²) in [5.41, 5.74) is -1.34. The number of carboxylic acids is 3. The molecule has 9 heteroatoms. The van der Waals surface area contributed by atoms with Crippen molar-refractivity contribution in [2.24, 2.45) is 5.92 Å². The van der Waals surface area contributed by atoms with Crippen LogP contribution in [0.15, 0.2) is 24.3 Å². The quantitative estimate of drug-likeness (QED) is 0.312. The molecule has 1 aromatic carbocycles. The summed E-state index contributed by atoms with van der Waals surface area (Å²) in [6.45, 7) is 1.91. The monoisotopic (exact) mass is 481 g/mol. The highest BCUT2D eigenvalue weighted by Crippen LogP contribution is 2.29. The molecule has 1 aliphatic rings. The van der Waals surface area contributed by atoms with Crippen molar-refractivity contribution in [2.75, 3.05) is 27.2 Å². The number of aliphatic carboxylic acids is 3. The van der Waals surface area contributed by atoms with Gasteiger partial charge in [0.15, 0.2) is 5.60 Å². The number of rotatable bonds is 13. The molecule has 0 radical (unpaired) electrons. The molecule has 4 N–H and O–H groups in total. The minimum Gasteiger partial charge on any atom is -0.493 e. The van der Waals surface area contributed by atoms with Gasteiger partial charge in [-0.05, 0) is 50.9 Å². The van der Waals surface area contributed by atoms with Crippen molar-refractivity contribution in [3.63, 3.8) is 0 Å². The van der Waals surface area contributed by atoms with Gasteiger partial charge >= 0.3 is 17.9 Å². The molecule has 34 heavy (non-hydrogen) atoms. The molecule has 0 aromatic heterocycles. The Kier molecular flexibility index (Phi) is 13.2. The van der Waals surface area contributed by atoms with Gasteiger partial charge in [-0.2, -0.15) is 0 Å². The summed E-state index contributed by atoms with van der Waals surface area (Å²) in [6, 6.07) is 8.60. The standard InChI is InChI=1S/C19H31NO.C6H8O7/c1-20(2)15-8-16-21-19-12-7-6-11-18(19)14-13-17-9-4-3-5-10-17;7-3(8)1-6(13,5(11)12)2-4(9)10/h6-7,11-12,17H,3-5,8-10,13-16H2,1-2H3;13H,1-2H2,(H,7,8)(H,9,10)(H,11,12). The fourth-order valence-electron chi connectivity index (χ4n) is 3.96. The second-order valence-corrected chi connectivity index (χ2v) is 9.13. The average Bonchev–Trinajstić information content (AvgIpc) is 2.76. The maximum atomic E-state index is 10.3. The maximum Gasteiger partial charge on any atom is 0.336 e. The van der Waals surface area contributed by atoms with Crippen LogP contribution in [0.25, 0.3) is 0 Å². The van der Waals surface area contributed by atoms with Gasteiger partial charge in [-0.25, -0.2) is 4.79 Å².